The van der Waals surface area contributed by atoms with Gasteiger partial charge in [-0.2, -0.15) is 0 Å². The van der Waals surface area contributed by atoms with Crippen LogP contribution in [0.25, 0.3) is 10.9 Å². The zero-order chi connectivity index (χ0) is 20.5. The summed E-state index contributed by atoms with van der Waals surface area (Å²) in [5, 5.41) is 8.21. The van der Waals surface area contributed by atoms with E-state index in [2.05, 4.69) is 53.0 Å². The van der Waals surface area contributed by atoms with Gasteiger partial charge >= 0.3 is 5.97 Å². The number of esters is 1. The zero-order valence-electron chi connectivity index (χ0n) is 17.7. The number of fused-ring (bicyclic) bond motifs is 1. The second-order valence-corrected chi connectivity index (χ2v) is 7.67. The SMILES string of the molecule is CCNC(=NCCCc1c[nH]c2ccccc12)NC1CCC(C(=O)OCC)CC1. The molecule has 0 unspecified atom stereocenters. The van der Waals surface area contributed by atoms with Gasteiger partial charge in [0.1, 0.15) is 0 Å². The lowest BCUT2D eigenvalue weighted by Crippen LogP contribution is -2.45. The van der Waals surface area contributed by atoms with Gasteiger partial charge in [0.05, 0.1) is 12.5 Å². The molecule has 1 aromatic heterocycles. The Morgan fingerprint density at radius 2 is 2.00 bits per heavy atom. The van der Waals surface area contributed by atoms with Gasteiger partial charge in [0, 0.05) is 36.2 Å². The third-order valence-corrected chi connectivity index (χ3v) is 5.58. The van der Waals surface area contributed by atoms with Crippen LogP contribution in [0.2, 0.25) is 0 Å². The van der Waals surface area contributed by atoms with Gasteiger partial charge in [0.25, 0.3) is 0 Å². The highest BCUT2D eigenvalue weighted by atomic mass is 16.5. The topological polar surface area (TPSA) is 78.5 Å². The van der Waals surface area contributed by atoms with Crippen LogP contribution in [0, 0.1) is 5.92 Å². The first-order valence-electron chi connectivity index (χ1n) is 11.0. The third-order valence-electron chi connectivity index (χ3n) is 5.58. The number of hydrogen-bond acceptors (Lipinski definition) is 3. The number of carbonyl (C=O) groups excluding carboxylic acids is 1. The number of guanidine groups is 1. The molecule has 0 amide bonds. The van der Waals surface area contributed by atoms with E-state index in [1.54, 1.807) is 0 Å². The summed E-state index contributed by atoms with van der Waals surface area (Å²) in [4.78, 5) is 20.0. The molecule has 0 spiro atoms. The summed E-state index contributed by atoms with van der Waals surface area (Å²) in [5.74, 6) is 0.901. The molecule has 0 radical (unpaired) electrons. The first kappa shape index (κ1) is 21.2. The highest BCUT2D eigenvalue weighted by Gasteiger charge is 2.27. The maximum Gasteiger partial charge on any atom is 0.308 e. The normalized spacial score (nSPS) is 19.9. The predicted molar refractivity (Wildman–Crippen MR) is 118 cm³/mol. The molecule has 1 aliphatic carbocycles. The summed E-state index contributed by atoms with van der Waals surface area (Å²) in [6.07, 6.45) is 7.85. The Morgan fingerprint density at radius 1 is 1.21 bits per heavy atom. The number of benzene rings is 1. The number of nitrogens with zero attached hydrogens (tertiary/aromatic N) is 1. The molecule has 1 saturated carbocycles. The summed E-state index contributed by atoms with van der Waals surface area (Å²) in [7, 11) is 0. The predicted octanol–water partition coefficient (Wildman–Crippen LogP) is 3.78. The molecule has 1 heterocycles. The quantitative estimate of drug-likeness (QED) is 0.274. The van der Waals surface area contributed by atoms with Gasteiger partial charge in [0.2, 0.25) is 0 Å². The summed E-state index contributed by atoms with van der Waals surface area (Å²) < 4.78 is 5.16. The summed E-state index contributed by atoms with van der Waals surface area (Å²) in [6.45, 7) is 6.04. The average molecular weight is 399 g/mol. The Morgan fingerprint density at radius 3 is 2.76 bits per heavy atom. The molecule has 2 aromatic rings. The zero-order valence-corrected chi connectivity index (χ0v) is 17.7. The molecule has 158 valence electrons. The van der Waals surface area contributed by atoms with Gasteiger partial charge in [-0.05, 0) is 64.0 Å². The number of carbonyl (C=O) groups is 1. The van der Waals surface area contributed by atoms with Crippen LogP contribution in [0.3, 0.4) is 0 Å². The van der Waals surface area contributed by atoms with E-state index in [1.807, 2.05) is 6.92 Å². The van der Waals surface area contributed by atoms with E-state index < -0.39 is 0 Å². The standard InChI is InChI=1S/C23H34N4O2/c1-3-24-23(27-19-13-11-17(12-14-19)22(28)29-4-2)25-15-7-8-18-16-26-21-10-6-5-9-20(18)21/h5-6,9-10,16-17,19,26H,3-4,7-8,11-15H2,1-2H3,(H2,24,25,27). The summed E-state index contributed by atoms with van der Waals surface area (Å²) >= 11 is 0. The van der Waals surface area contributed by atoms with Crippen molar-refractivity contribution in [3.63, 3.8) is 0 Å². The maximum atomic E-state index is 11.9. The summed E-state index contributed by atoms with van der Waals surface area (Å²) in [6, 6.07) is 8.79. The first-order chi connectivity index (χ1) is 14.2. The maximum absolute atomic E-state index is 11.9. The van der Waals surface area contributed by atoms with Crippen molar-refractivity contribution < 1.29 is 9.53 Å². The number of aryl methyl sites for hydroxylation is 1. The second-order valence-electron chi connectivity index (χ2n) is 7.67. The largest absolute Gasteiger partial charge is 0.466 e. The van der Waals surface area contributed by atoms with Crippen LogP contribution in [0.1, 0.15) is 51.5 Å². The Bertz CT molecular complexity index is 806. The Balaban J connectivity index is 1.45. The van der Waals surface area contributed by atoms with Crippen molar-refractivity contribution in [2.24, 2.45) is 10.9 Å². The van der Waals surface area contributed by atoms with Crippen LogP contribution in [-0.4, -0.2) is 42.7 Å². The molecule has 0 bridgehead atoms. The molecule has 1 fully saturated rings. The molecule has 0 atom stereocenters. The monoisotopic (exact) mass is 398 g/mol. The fraction of sp³-hybridized carbons (Fsp3) is 0.565. The van der Waals surface area contributed by atoms with E-state index in [1.165, 1.54) is 16.5 Å². The molecule has 1 aliphatic rings. The molecular formula is C23H34N4O2. The lowest BCUT2D eigenvalue weighted by atomic mass is 9.86. The number of aromatic amines is 1. The number of nitrogens with one attached hydrogen (secondary N) is 3. The molecule has 0 saturated heterocycles. The van der Waals surface area contributed by atoms with Crippen LogP contribution in [0.15, 0.2) is 35.5 Å². The minimum absolute atomic E-state index is 0.0381. The fourth-order valence-corrected chi connectivity index (χ4v) is 4.05. The first-order valence-corrected chi connectivity index (χ1v) is 11.0. The lowest BCUT2D eigenvalue weighted by molar-refractivity contribution is -0.149. The number of para-hydroxylation sites is 1. The van der Waals surface area contributed by atoms with Gasteiger partial charge < -0.3 is 20.4 Å². The van der Waals surface area contributed by atoms with E-state index in [0.717, 1.165) is 57.6 Å². The molecule has 3 rings (SSSR count). The van der Waals surface area contributed by atoms with E-state index in [0.29, 0.717) is 12.6 Å². The Labute approximate surface area is 173 Å². The molecule has 1 aromatic carbocycles. The van der Waals surface area contributed by atoms with Crippen LogP contribution in [-0.2, 0) is 16.0 Å². The Kier molecular flexibility index (Phi) is 7.96. The number of aromatic nitrogens is 1. The smallest absolute Gasteiger partial charge is 0.308 e. The average Bonchev–Trinajstić information content (AvgIpc) is 3.15. The van der Waals surface area contributed by atoms with Gasteiger partial charge in [-0.3, -0.25) is 9.79 Å². The lowest BCUT2D eigenvalue weighted by Gasteiger charge is -2.29. The van der Waals surface area contributed by atoms with Gasteiger partial charge in [-0.25, -0.2) is 0 Å². The van der Waals surface area contributed by atoms with Crippen molar-refractivity contribution in [3.8, 4) is 0 Å². The molecule has 6 nitrogen and oxygen atoms in total. The van der Waals surface area contributed by atoms with Crippen molar-refractivity contribution >= 4 is 22.8 Å². The van der Waals surface area contributed by atoms with Crippen LogP contribution in [0.4, 0.5) is 0 Å². The molecular weight excluding hydrogens is 364 g/mol. The number of aliphatic imine (C=N–C) groups is 1. The minimum atomic E-state index is -0.0381. The van der Waals surface area contributed by atoms with Crippen LogP contribution in [0.5, 0.6) is 0 Å². The van der Waals surface area contributed by atoms with Crippen LogP contribution < -0.4 is 10.6 Å². The van der Waals surface area contributed by atoms with E-state index in [9.17, 15) is 4.79 Å². The Hall–Kier alpha value is -2.50. The van der Waals surface area contributed by atoms with Crippen molar-refractivity contribution in [1.29, 1.82) is 0 Å². The summed E-state index contributed by atoms with van der Waals surface area (Å²) in [5.41, 5.74) is 2.55. The fourth-order valence-electron chi connectivity index (χ4n) is 4.05. The van der Waals surface area contributed by atoms with Crippen molar-refractivity contribution in [2.45, 2.75) is 58.4 Å². The van der Waals surface area contributed by atoms with Gasteiger partial charge in [-0.1, -0.05) is 18.2 Å². The third kappa shape index (κ3) is 5.99. The second kappa shape index (κ2) is 10.9. The highest BCUT2D eigenvalue weighted by Crippen LogP contribution is 2.25. The number of rotatable bonds is 8. The number of H-pyrrole nitrogens is 1. The van der Waals surface area contributed by atoms with Gasteiger partial charge in [0.15, 0.2) is 5.96 Å². The van der Waals surface area contributed by atoms with Crippen LogP contribution >= 0.6 is 0 Å². The molecule has 3 N–H and O–H groups in total. The number of hydrogen-bond donors (Lipinski definition) is 3. The van der Waals surface area contributed by atoms with E-state index >= 15 is 0 Å². The molecule has 6 heteroatoms. The highest BCUT2D eigenvalue weighted by molar-refractivity contribution is 5.83. The van der Waals surface area contributed by atoms with Gasteiger partial charge in [-0.15, -0.1) is 0 Å². The molecule has 29 heavy (non-hydrogen) atoms. The van der Waals surface area contributed by atoms with E-state index in [4.69, 9.17) is 9.73 Å². The molecule has 0 aliphatic heterocycles. The number of ether oxygens (including phenoxy) is 1. The van der Waals surface area contributed by atoms with Crippen molar-refractivity contribution in [1.82, 2.24) is 15.6 Å². The minimum Gasteiger partial charge on any atom is -0.466 e. The van der Waals surface area contributed by atoms with Crippen molar-refractivity contribution in [2.75, 3.05) is 19.7 Å². The van der Waals surface area contributed by atoms with E-state index in [-0.39, 0.29) is 11.9 Å². The van der Waals surface area contributed by atoms with Crippen molar-refractivity contribution in [3.05, 3.63) is 36.0 Å².